The van der Waals surface area contributed by atoms with Crippen molar-refractivity contribution in [1.29, 1.82) is 0 Å². The highest BCUT2D eigenvalue weighted by Crippen LogP contribution is 2.33. The number of ether oxygens (including phenoxy) is 1. The van der Waals surface area contributed by atoms with Crippen LogP contribution in [0.5, 0.6) is 5.75 Å². The molecule has 0 amide bonds. The topological polar surface area (TPSA) is 80.7 Å². The van der Waals surface area contributed by atoms with Crippen LogP contribution in [-0.2, 0) is 4.74 Å². The Hall–Kier alpha value is -2.16. The fourth-order valence-electron chi connectivity index (χ4n) is 4.08. The van der Waals surface area contributed by atoms with Crippen LogP contribution in [0.4, 0.5) is 0 Å². The van der Waals surface area contributed by atoms with E-state index in [1.807, 2.05) is 17.8 Å². The van der Waals surface area contributed by atoms with E-state index in [2.05, 4.69) is 20.3 Å². The average molecular weight is 389 g/mol. The molecule has 2 saturated heterocycles. The molecule has 3 aromatic heterocycles. The average Bonchev–Trinajstić information content (AvgIpc) is 3.17. The second-order valence-corrected chi connectivity index (χ2v) is 7.73. The zero-order chi connectivity index (χ0) is 18.5. The van der Waals surface area contributed by atoms with Gasteiger partial charge >= 0.3 is 0 Å². The molecule has 9 heteroatoms. The molecule has 0 atom stereocenters. The number of pyridine rings is 1. The third kappa shape index (κ3) is 2.79. The monoisotopic (exact) mass is 388 g/mol. The van der Waals surface area contributed by atoms with Crippen molar-refractivity contribution < 1.29 is 9.84 Å². The van der Waals surface area contributed by atoms with Gasteiger partial charge < -0.3 is 9.84 Å². The Morgan fingerprint density at radius 1 is 1.22 bits per heavy atom. The molecule has 142 valence electrons. The first-order valence-corrected chi connectivity index (χ1v) is 9.59. The number of nitrogens with zero attached hydrogens (tertiary/aromatic N) is 6. The Bertz CT molecular complexity index is 987. The summed E-state index contributed by atoms with van der Waals surface area (Å²) in [6, 6.07) is 2.61. The van der Waals surface area contributed by atoms with Gasteiger partial charge in [0.25, 0.3) is 0 Å². The van der Waals surface area contributed by atoms with Gasteiger partial charge in [-0.2, -0.15) is 5.10 Å². The van der Waals surface area contributed by atoms with Gasteiger partial charge in [-0.3, -0.25) is 4.90 Å². The highest BCUT2D eigenvalue weighted by molar-refractivity contribution is 6.34. The van der Waals surface area contributed by atoms with E-state index < -0.39 is 0 Å². The molecule has 2 fully saturated rings. The fourth-order valence-corrected chi connectivity index (χ4v) is 4.30. The SMILES string of the molecule is Cc1c(-c2cc(O)c3c(Cl)cnn3c2)nnn1C1CCN(C2COC2)CC1. The largest absolute Gasteiger partial charge is 0.506 e. The van der Waals surface area contributed by atoms with Crippen LogP contribution in [0.2, 0.25) is 5.02 Å². The van der Waals surface area contributed by atoms with E-state index in [-0.39, 0.29) is 5.75 Å². The number of rotatable bonds is 3. The molecule has 0 saturated carbocycles. The molecule has 8 nitrogen and oxygen atoms in total. The van der Waals surface area contributed by atoms with Crippen LogP contribution in [0, 0.1) is 6.92 Å². The first-order valence-electron chi connectivity index (χ1n) is 9.21. The van der Waals surface area contributed by atoms with Crippen molar-refractivity contribution in [1.82, 2.24) is 29.5 Å². The summed E-state index contributed by atoms with van der Waals surface area (Å²) in [5.41, 5.74) is 3.02. The van der Waals surface area contributed by atoms with Gasteiger partial charge in [-0.15, -0.1) is 5.10 Å². The zero-order valence-electron chi connectivity index (χ0n) is 15.0. The Labute approximate surface area is 161 Å². The Morgan fingerprint density at radius 2 is 2.00 bits per heavy atom. The molecule has 0 aliphatic carbocycles. The number of piperidine rings is 1. The second-order valence-electron chi connectivity index (χ2n) is 7.33. The summed E-state index contributed by atoms with van der Waals surface area (Å²) in [6.45, 7) is 5.87. The third-order valence-electron chi connectivity index (χ3n) is 5.73. The van der Waals surface area contributed by atoms with Crippen LogP contribution in [0.1, 0.15) is 24.6 Å². The summed E-state index contributed by atoms with van der Waals surface area (Å²) in [7, 11) is 0. The lowest BCUT2D eigenvalue weighted by molar-refractivity contribution is -0.0735. The maximum Gasteiger partial charge on any atom is 0.143 e. The quantitative estimate of drug-likeness (QED) is 0.741. The zero-order valence-corrected chi connectivity index (χ0v) is 15.8. The maximum atomic E-state index is 10.3. The molecule has 1 N–H and O–H groups in total. The minimum atomic E-state index is 0.0833. The minimum absolute atomic E-state index is 0.0833. The van der Waals surface area contributed by atoms with E-state index in [1.165, 1.54) is 6.20 Å². The molecule has 3 aromatic rings. The van der Waals surface area contributed by atoms with Gasteiger partial charge in [0.1, 0.15) is 17.0 Å². The van der Waals surface area contributed by atoms with Gasteiger partial charge in [-0.05, 0) is 25.8 Å². The van der Waals surface area contributed by atoms with Crippen LogP contribution < -0.4 is 0 Å². The summed E-state index contributed by atoms with van der Waals surface area (Å²) >= 11 is 6.07. The number of likely N-dealkylation sites (tertiary alicyclic amines) is 1. The molecular weight excluding hydrogens is 368 g/mol. The highest BCUT2D eigenvalue weighted by atomic mass is 35.5. The maximum absolute atomic E-state index is 10.3. The number of fused-ring (bicyclic) bond motifs is 1. The highest BCUT2D eigenvalue weighted by Gasteiger charge is 2.31. The molecule has 0 radical (unpaired) electrons. The van der Waals surface area contributed by atoms with Crippen LogP contribution in [0.3, 0.4) is 0 Å². The number of aromatic nitrogens is 5. The van der Waals surface area contributed by atoms with Gasteiger partial charge in [0.05, 0.1) is 42.2 Å². The summed E-state index contributed by atoms with van der Waals surface area (Å²) in [4.78, 5) is 2.51. The second kappa shape index (κ2) is 6.47. The third-order valence-corrected chi connectivity index (χ3v) is 6.01. The van der Waals surface area contributed by atoms with Crippen molar-refractivity contribution in [3.8, 4) is 17.0 Å². The van der Waals surface area contributed by atoms with Crippen LogP contribution >= 0.6 is 11.6 Å². The van der Waals surface area contributed by atoms with E-state index in [1.54, 1.807) is 10.6 Å². The predicted molar refractivity (Wildman–Crippen MR) is 100 cm³/mol. The molecule has 27 heavy (non-hydrogen) atoms. The molecule has 2 aliphatic heterocycles. The summed E-state index contributed by atoms with van der Waals surface area (Å²) in [6.07, 6.45) is 5.45. The van der Waals surface area contributed by atoms with Crippen molar-refractivity contribution in [3.63, 3.8) is 0 Å². The van der Waals surface area contributed by atoms with Crippen LogP contribution in [0.25, 0.3) is 16.8 Å². The number of hydrogen-bond donors (Lipinski definition) is 1. The van der Waals surface area contributed by atoms with Gasteiger partial charge in [0.2, 0.25) is 0 Å². The first-order chi connectivity index (χ1) is 13.1. The van der Waals surface area contributed by atoms with Crippen molar-refractivity contribution in [2.45, 2.75) is 31.8 Å². The van der Waals surface area contributed by atoms with Gasteiger partial charge in [0.15, 0.2) is 0 Å². The van der Waals surface area contributed by atoms with Crippen LogP contribution in [0.15, 0.2) is 18.5 Å². The number of halogens is 1. The van der Waals surface area contributed by atoms with Crippen LogP contribution in [-0.4, -0.2) is 67.0 Å². The summed E-state index contributed by atoms with van der Waals surface area (Å²) < 4.78 is 8.91. The van der Waals surface area contributed by atoms with E-state index in [9.17, 15) is 5.11 Å². The van der Waals surface area contributed by atoms with E-state index >= 15 is 0 Å². The Kier molecular flexibility index (Phi) is 4.07. The lowest BCUT2D eigenvalue weighted by Crippen LogP contribution is -2.52. The molecule has 0 bridgehead atoms. The molecule has 5 heterocycles. The van der Waals surface area contributed by atoms with Gasteiger partial charge in [-0.25, -0.2) is 9.20 Å². The first kappa shape index (κ1) is 17.0. The van der Waals surface area contributed by atoms with E-state index in [0.29, 0.717) is 22.6 Å². The van der Waals surface area contributed by atoms with Crippen molar-refractivity contribution in [2.75, 3.05) is 26.3 Å². The van der Waals surface area contributed by atoms with Gasteiger partial charge in [0, 0.05) is 24.8 Å². The molecule has 0 aromatic carbocycles. The number of hydrogen-bond acceptors (Lipinski definition) is 6. The number of aromatic hydroxyl groups is 1. The Morgan fingerprint density at radius 3 is 2.70 bits per heavy atom. The van der Waals surface area contributed by atoms with Crippen molar-refractivity contribution in [2.24, 2.45) is 0 Å². The molecule has 5 rings (SSSR count). The van der Waals surface area contributed by atoms with E-state index in [4.69, 9.17) is 16.3 Å². The molecule has 0 unspecified atom stereocenters. The summed E-state index contributed by atoms with van der Waals surface area (Å²) in [5.74, 6) is 0.0833. The van der Waals surface area contributed by atoms with Crippen molar-refractivity contribution in [3.05, 3.63) is 29.2 Å². The molecular formula is C18H21ClN6O2. The summed E-state index contributed by atoms with van der Waals surface area (Å²) in [5, 5.41) is 23.7. The predicted octanol–water partition coefficient (Wildman–Crippen LogP) is 2.30. The Balaban J connectivity index is 1.40. The molecule has 2 aliphatic rings. The molecule has 0 spiro atoms. The normalized spacial score (nSPS) is 19.6. The van der Waals surface area contributed by atoms with E-state index in [0.717, 1.165) is 56.1 Å². The lowest BCUT2D eigenvalue weighted by Gasteiger charge is -2.41. The standard InChI is InChI=1S/C18H21ClN6O2/c1-11-17(12-6-16(26)18-15(19)7-20-24(18)8-12)21-22-25(11)13-2-4-23(5-3-13)14-9-27-10-14/h6-8,13-14,26H,2-5,9-10H2,1H3. The fraction of sp³-hybridized carbons (Fsp3) is 0.500. The van der Waals surface area contributed by atoms with Gasteiger partial charge in [-0.1, -0.05) is 16.8 Å². The smallest absolute Gasteiger partial charge is 0.143 e. The minimum Gasteiger partial charge on any atom is -0.506 e. The van der Waals surface area contributed by atoms with Crippen molar-refractivity contribution >= 4 is 17.1 Å². The lowest BCUT2D eigenvalue weighted by atomic mass is 10.0.